The van der Waals surface area contributed by atoms with Crippen molar-refractivity contribution < 1.29 is 19.3 Å². The monoisotopic (exact) mass is 404 g/mol. The first-order valence-electron chi connectivity index (χ1n) is 10.2. The highest BCUT2D eigenvalue weighted by atomic mass is 16.5. The van der Waals surface area contributed by atoms with Gasteiger partial charge >= 0.3 is 0 Å². The van der Waals surface area contributed by atoms with Crippen molar-refractivity contribution in [2.45, 2.75) is 25.6 Å². The summed E-state index contributed by atoms with van der Waals surface area (Å²) in [5, 5.41) is 13.8. The number of hydrogen-bond donors (Lipinski definition) is 2. The molecule has 0 unspecified atom stereocenters. The van der Waals surface area contributed by atoms with E-state index in [-0.39, 0.29) is 6.61 Å². The Bertz CT molecular complexity index is 705. The van der Waals surface area contributed by atoms with Gasteiger partial charge in [0.2, 0.25) is 0 Å². The standard InChI is InChI=1S/C21H32N4O4/c1-27-20-5-2-4-18(14-22-6-3-8-25-9-7-23-17-25)21(20)29-16-19(26)15-24-10-12-28-13-11-24/h2,4-5,7,9,17,19,22,26H,3,6,8,10-16H2,1H3/t19-/m1/s1. The molecule has 2 N–H and O–H groups in total. The van der Waals surface area contributed by atoms with Crippen LogP contribution in [0.5, 0.6) is 11.5 Å². The molecule has 2 aromatic rings. The van der Waals surface area contributed by atoms with Crippen LogP contribution in [0.25, 0.3) is 0 Å². The van der Waals surface area contributed by atoms with Gasteiger partial charge in [-0.25, -0.2) is 4.98 Å². The van der Waals surface area contributed by atoms with Crippen LogP contribution in [0.2, 0.25) is 0 Å². The van der Waals surface area contributed by atoms with Gasteiger partial charge in [0.1, 0.15) is 12.7 Å². The van der Waals surface area contributed by atoms with Crippen molar-refractivity contribution in [1.29, 1.82) is 0 Å². The van der Waals surface area contributed by atoms with Crippen LogP contribution in [-0.4, -0.2) is 78.8 Å². The maximum atomic E-state index is 10.4. The number of benzene rings is 1. The van der Waals surface area contributed by atoms with Crippen molar-refractivity contribution in [3.8, 4) is 11.5 Å². The number of rotatable bonds is 12. The summed E-state index contributed by atoms with van der Waals surface area (Å²) < 4.78 is 18.9. The van der Waals surface area contributed by atoms with E-state index in [1.807, 2.05) is 30.7 Å². The van der Waals surface area contributed by atoms with Crippen molar-refractivity contribution in [3.63, 3.8) is 0 Å². The highest BCUT2D eigenvalue weighted by Crippen LogP contribution is 2.31. The molecule has 2 heterocycles. The van der Waals surface area contributed by atoms with Crippen LogP contribution in [0.4, 0.5) is 0 Å². The minimum atomic E-state index is -0.561. The highest BCUT2D eigenvalue weighted by molar-refractivity contribution is 5.46. The summed E-state index contributed by atoms with van der Waals surface area (Å²) in [6.07, 6.45) is 6.04. The Hall–Kier alpha value is -2.13. The van der Waals surface area contributed by atoms with Gasteiger partial charge in [-0.05, 0) is 19.0 Å². The first kappa shape index (κ1) is 21.6. The lowest BCUT2D eigenvalue weighted by Gasteiger charge is -2.28. The lowest BCUT2D eigenvalue weighted by atomic mass is 10.1. The van der Waals surface area contributed by atoms with Crippen LogP contribution in [0.3, 0.4) is 0 Å². The first-order valence-corrected chi connectivity index (χ1v) is 10.2. The van der Waals surface area contributed by atoms with E-state index in [0.29, 0.717) is 24.6 Å². The van der Waals surface area contributed by atoms with E-state index in [1.165, 1.54) is 0 Å². The number of imidazole rings is 1. The molecule has 0 saturated carbocycles. The molecule has 3 rings (SSSR count). The van der Waals surface area contributed by atoms with Crippen LogP contribution >= 0.6 is 0 Å². The number of aliphatic hydroxyl groups excluding tert-OH is 1. The Morgan fingerprint density at radius 1 is 1.31 bits per heavy atom. The van der Waals surface area contributed by atoms with Crippen LogP contribution in [0, 0.1) is 0 Å². The maximum Gasteiger partial charge on any atom is 0.165 e. The summed E-state index contributed by atoms with van der Waals surface area (Å²) in [5.41, 5.74) is 1.02. The molecule has 160 valence electrons. The number of aryl methyl sites for hydroxylation is 1. The van der Waals surface area contributed by atoms with Crippen molar-refractivity contribution >= 4 is 0 Å². The van der Waals surface area contributed by atoms with E-state index < -0.39 is 6.10 Å². The van der Waals surface area contributed by atoms with Gasteiger partial charge in [0.15, 0.2) is 11.5 Å². The Kier molecular flexibility index (Phi) is 8.76. The Balaban J connectivity index is 1.47. The molecule has 8 nitrogen and oxygen atoms in total. The van der Waals surface area contributed by atoms with Gasteiger partial charge in [-0.15, -0.1) is 0 Å². The molecule has 1 saturated heterocycles. The molecule has 0 radical (unpaired) electrons. The molecular formula is C21H32N4O4. The van der Waals surface area contributed by atoms with E-state index in [2.05, 4.69) is 19.8 Å². The van der Waals surface area contributed by atoms with E-state index >= 15 is 0 Å². The van der Waals surface area contributed by atoms with Gasteiger partial charge in [0.25, 0.3) is 0 Å². The number of morpholine rings is 1. The number of hydrogen-bond acceptors (Lipinski definition) is 7. The summed E-state index contributed by atoms with van der Waals surface area (Å²) in [6, 6.07) is 5.86. The molecule has 1 aromatic carbocycles. The largest absolute Gasteiger partial charge is 0.493 e. The quantitative estimate of drug-likeness (QED) is 0.514. The normalized spacial score (nSPS) is 15.9. The highest BCUT2D eigenvalue weighted by Gasteiger charge is 2.17. The molecule has 0 bridgehead atoms. The average Bonchev–Trinajstić information content (AvgIpc) is 3.26. The van der Waals surface area contributed by atoms with E-state index in [0.717, 1.165) is 51.4 Å². The van der Waals surface area contributed by atoms with E-state index in [1.54, 1.807) is 13.3 Å². The molecule has 1 aromatic heterocycles. The zero-order valence-corrected chi connectivity index (χ0v) is 17.1. The fourth-order valence-electron chi connectivity index (χ4n) is 3.37. The number of β-amino-alcohol motifs (C(OH)–C–C–N with tert-alkyl or cyclic N) is 1. The van der Waals surface area contributed by atoms with Gasteiger partial charge in [-0.2, -0.15) is 0 Å². The topological polar surface area (TPSA) is 81.0 Å². The van der Waals surface area contributed by atoms with Crippen LogP contribution in [-0.2, 0) is 17.8 Å². The summed E-state index contributed by atoms with van der Waals surface area (Å²) in [6.45, 7) is 6.44. The van der Waals surface area contributed by atoms with Crippen molar-refractivity contribution in [3.05, 3.63) is 42.5 Å². The smallest absolute Gasteiger partial charge is 0.165 e. The van der Waals surface area contributed by atoms with Gasteiger partial charge in [0, 0.05) is 50.7 Å². The second-order valence-corrected chi connectivity index (χ2v) is 7.16. The van der Waals surface area contributed by atoms with Crippen molar-refractivity contribution in [2.24, 2.45) is 0 Å². The lowest BCUT2D eigenvalue weighted by Crippen LogP contribution is -2.42. The third-order valence-electron chi connectivity index (χ3n) is 4.92. The van der Waals surface area contributed by atoms with Crippen molar-refractivity contribution in [2.75, 3.05) is 53.1 Å². The summed E-state index contributed by atoms with van der Waals surface area (Å²) in [4.78, 5) is 6.25. The first-order chi connectivity index (χ1) is 14.3. The molecule has 8 heteroatoms. The molecule has 1 aliphatic rings. The third kappa shape index (κ3) is 7.01. The molecule has 1 atom stereocenters. The number of ether oxygens (including phenoxy) is 3. The Morgan fingerprint density at radius 2 is 2.17 bits per heavy atom. The number of methoxy groups -OCH3 is 1. The fraction of sp³-hybridized carbons (Fsp3) is 0.571. The molecule has 1 fully saturated rings. The zero-order chi connectivity index (χ0) is 20.3. The van der Waals surface area contributed by atoms with Gasteiger partial charge < -0.3 is 29.2 Å². The molecule has 0 spiro atoms. The molecule has 29 heavy (non-hydrogen) atoms. The van der Waals surface area contributed by atoms with Crippen LogP contribution in [0.1, 0.15) is 12.0 Å². The molecule has 0 aliphatic carbocycles. The summed E-state index contributed by atoms with van der Waals surface area (Å²) in [5.74, 6) is 1.37. The number of aromatic nitrogens is 2. The van der Waals surface area contributed by atoms with Gasteiger partial charge in [0.05, 0.1) is 26.7 Å². The van der Waals surface area contributed by atoms with Gasteiger partial charge in [-0.1, -0.05) is 12.1 Å². The maximum absolute atomic E-state index is 10.4. The number of aliphatic hydroxyl groups is 1. The third-order valence-corrected chi connectivity index (χ3v) is 4.92. The van der Waals surface area contributed by atoms with Crippen molar-refractivity contribution in [1.82, 2.24) is 19.8 Å². The molecule has 1 aliphatic heterocycles. The van der Waals surface area contributed by atoms with E-state index in [4.69, 9.17) is 14.2 Å². The van der Waals surface area contributed by atoms with Crippen LogP contribution in [0.15, 0.2) is 36.9 Å². The number of nitrogens with zero attached hydrogens (tertiary/aromatic N) is 3. The second kappa shape index (κ2) is 11.8. The molecular weight excluding hydrogens is 372 g/mol. The number of nitrogens with one attached hydrogen (secondary N) is 1. The minimum absolute atomic E-state index is 0.228. The predicted molar refractivity (Wildman–Crippen MR) is 110 cm³/mol. The SMILES string of the molecule is COc1cccc(CNCCCn2ccnc2)c1OC[C@H](O)CN1CCOCC1. The number of para-hydroxylation sites is 1. The van der Waals surface area contributed by atoms with E-state index in [9.17, 15) is 5.11 Å². The predicted octanol–water partition coefficient (Wildman–Crippen LogP) is 1.14. The fourth-order valence-corrected chi connectivity index (χ4v) is 3.37. The minimum Gasteiger partial charge on any atom is -0.493 e. The van der Waals surface area contributed by atoms with Gasteiger partial charge in [-0.3, -0.25) is 4.90 Å². The van der Waals surface area contributed by atoms with Crippen LogP contribution < -0.4 is 14.8 Å². The second-order valence-electron chi connectivity index (χ2n) is 7.16. The average molecular weight is 405 g/mol. The Labute approximate surface area is 172 Å². The molecule has 0 amide bonds. The lowest BCUT2D eigenvalue weighted by molar-refractivity contribution is 0.00436. The summed E-state index contributed by atoms with van der Waals surface area (Å²) in [7, 11) is 1.63. The zero-order valence-electron chi connectivity index (χ0n) is 17.1. The Morgan fingerprint density at radius 3 is 2.93 bits per heavy atom. The summed E-state index contributed by atoms with van der Waals surface area (Å²) >= 11 is 0.